The second-order valence-corrected chi connectivity index (χ2v) is 8.47. The topological polar surface area (TPSA) is 19.0 Å². The van der Waals surface area contributed by atoms with Crippen LogP contribution in [0, 0.1) is 5.41 Å². The average Bonchev–Trinajstić information content (AvgIpc) is 2.71. The van der Waals surface area contributed by atoms with Gasteiger partial charge in [-0.05, 0) is 60.2 Å². The number of ether oxygens (including phenoxy) is 1. The molecule has 0 aromatic heterocycles. The van der Waals surface area contributed by atoms with Crippen LogP contribution in [0.15, 0.2) is 11.3 Å². The molecule has 2 unspecified atom stereocenters. The molecule has 140 valence electrons. The van der Waals surface area contributed by atoms with Crippen molar-refractivity contribution in [3.8, 4) is 0 Å². The van der Waals surface area contributed by atoms with E-state index in [-0.39, 0.29) is 11.1 Å². The van der Waals surface area contributed by atoms with E-state index in [2.05, 4.69) is 70.3 Å². The zero-order valence-electron chi connectivity index (χ0n) is 17.4. The van der Waals surface area contributed by atoms with Crippen molar-refractivity contribution >= 4 is 0 Å². The third-order valence-corrected chi connectivity index (χ3v) is 7.17. The van der Waals surface area contributed by atoms with Crippen molar-refractivity contribution < 1.29 is 4.74 Å². The van der Waals surface area contributed by atoms with E-state index in [0.29, 0.717) is 6.04 Å². The Morgan fingerprint density at radius 2 is 1.75 bits per heavy atom. The Morgan fingerprint density at radius 3 is 2.17 bits per heavy atom. The third kappa shape index (κ3) is 2.91. The summed E-state index contributed by atoms with van der Waals surface area (Å²) in [6.45, 7) is 17.2. The number of likely N-dealkylation sites (N-methyl/N-ethyl adjacent to an activating group) is 1. The van der Waals surface area contributed by atoms with Crippen LogP contribution < -0.4 is 0 Å². The Hall–Kier alpha value is -0.580. The molecule has 2 aliphatic heterocycles. The van der Waals surface area contributed by atoms with Gasteiger partial charge in [0, 0.05) is 49.9 Å². The Kier molecular flexibility index (Phi) is 5.73. The molecule has 24 heavy (non-hydrogen) atoms. The average molecular weight is 338 g/mol. The van der Waals surface area contributed by atoms with E-state index >= 15 is 0 Å². The molecule has 4 heteroatoms. The Balaban J connectivity index is 2.25. The van der Waals surface area contributed by atoms with Crippen LogP contribution in [0.1, 0.15) is 54.4 Å². The summed E-state index contributed by atoms with van der Waals surface area (Å²) >= 11 is 0. The second kappa shape index (κ2) is 6.97. The van der Waals surface area contributed by atoms with E-state index in [4.69, 9.17) is 4.74 Å². The molecule has 0 aromatic rings. The standard InChI is InChI=1S/C20H39N3O/c1-10-23-18(15(2)19(4,5)20(23,6)24-9)16(3)22-13-11-17(12-14-22)21(7)8/h16-17H,10-14H2,1-9H3. The molecular weight excluding hydrogens is 298 g/mol. The van der Waals surface area contributed by atoms with Gasteiger partial charge in [0.15, 0.2) is 0 Å². The first-order valence-corrected chi connectivity index (χ1v) is 9.56. The van der Waals surface area contributed by atoms with Gasteiger partial charge in [-0.25, -0.2) is 0 Å². The molecule has 1 fully saturated rings. The van der Waals surface area contributed by atoms with Gasteiger partial charge in [-0.2, -0.15) is 0 Å². The molecule has 1 saturated heterocycles. The highest BCUT2D eigenvalue weighted by Crippen LogP contribution is 2.52. The van der Waals surface area contributed by atoms with Gasteiger partial charge in [-0.3, -0.25) is 4.90 Å². The van der Waals surface area contributed by atoms with Crippen molar-refractivity contribution in [2.24, 2.45) is 5.41 Å². The normalized spacial score (nSPS) is 30.5. The Labute approximate surface area is 149 Å². The summed E-state index contributed by atoms with van der Waals surface area (Å²) in [6, 6.07) is 1.18. The number of methoxy groups -OCH3 is 1. The molecule has 0 amide bonds. The van der Waals surface area contributed by atoms with Crippen LogP contribution in [0.4, 0.5) is 0 Å². The largest absolute Gasteiger partial charge is 0.358 e. The molecule has 0 bridgehead atoms. The second-order valence-electron chi connectivity index (χ2n) is 8.47. The quantitative estimate of drug-likeness (QED) is 0.765. The van der Waals surface area contributed by atoms with E-state index in [1.54, 1.807) is 0 Å². The lowest BCUT2D eigenvalue weighted by Gasteiger charge is -2.46. The Morgan fingerprint density at radius 1 is 1.21 bits per heavy atom. The monoisotopic (exact) mass is 337 g/mol. The number of rotatable bonds is 5. The maximum absolute atomic E-state index is 6.06. The summed E-state index contributed by atoms with van der Waals surface area (Å²) in [4.78, 5) is 7.55. The van der Waals surface area contributed by atoms with E-state index in [1.807, 2.05) is 7.11 Å². The van der Waals surface area contributed by atoms with Crippen LogP contribution in [-0.2, 0) is 4.74 Å². The van der Waals surface area contributed by atoms with Gasteiger partial charge in [0.25, 0.3) is 0 Å². The SMILES string of the molecule is CCN1C(C(C)N2CCC(N(C)C)CC2)=C(C)C(C)(C)C1(C)OC. The lowest BCUT2D eigenvalue weighted by Crippen LogP contribution is -2.54. The highest BCUT2D eigenvalue weighted by Gasteiger charge is 2.55. The number of nitrogens with zero attached hydrogens (tertiary/aromatic N) is 3. The van der Waals surface area contributed by atoms with E-state index in [9.17, 15) is 0 Å². The molecule has 0 spiro atoms. The molecule has 4 nitrogen and oxygen atoms in total. The molecule has 2 heterocycles. The number of hydrogen-bond donors (Lipinski definition) is 0. The predicted octanol–water partition coefficient (Wildman–Crippen LogP) is 3.40. The fourth-order valence-electron chi connectivity index (χ4n) is 4.78. The smallest absolute Gasteiger partial charge is 0.146 e. The highest BCUT2D eigenvalue weighted by molar-refractivity contribution is 5.33. The highest BCUT2D eigenvalue weighted by atomic mass is 16.5. The minimum atomic E-state index is -0.266. The minimum Gasteiger partial charge on any atom is -0.358 e. The first-order chi connectivity index (χ1) is 11.1. The maximum atomic E-state index is 6.06. The number of likely N-dealkylation sites (tertiary alicyclic amines) is 1. The molecule has 0 radical (unpaired) electrons. The molecule has 0 aliphatic carbocycles. The Bertz CT molecular complexity index is 477. The van der Waals surface area contributed by atoms with Crippen LogP contribution >= 0.6 is 0 Å². The van der Waals surface area contributed by atoms with Gasteiger partial charge in [-0.1, -0.05) is 13.8 Å². The summed E-state index contributed by atoms with van der Waals surface area (Å²) in [5.74, 6) is 0. The van der Waals surface area contributed by atoms with Crippen molar-refractivity contribution in [2.75, 3.05) is 40.8 Å². The van der Waals surface area contributed by atoms with Crippen LogP contribution in [0.3, 0.4) is 0 Å². The van der Waals surface area contributed by atoms with Crippen molar-refractivity contribution in [3.63, 3.8) is 0 Å². The summed E-state index contributed by atoms with van der Waals surface area (Å²) in [5, 5.41) is 0. The molecule has 0 N–H and O–H groups in total. The molecule has 2 rings (SSSR count). The summed E-state index contributed by atoms with van der Waals surface area (Å²) in [6.07, 6.45) is 2.53. The zero-order valence-corrected chi connectivity index (χ0v) is 17.4. The van der Waals surface area contributed by atoms with E-state index < -0.39 is 0 Å². The van der Waals surface area contributed by atoms with Gasteiger partial charge < -0.3 is 14.5 Å². The maximum Gasteiger partial charge on any atom is 0.146 e. The molecule has 0 aromatic carbocycles. The van der Waals surface area contributed by atoms with Gasteiger partial charge in [-0.15, -0.1) is 0 Å². The van der Waals surface area contributed by atoms with Gasteiger partial charge >= 0.3 is 0 Å². The van der Waals surface area contributed by atoms with Crippen molar-refractivity contribution in [3.05, 3.63) is 11.3 Å². The molecule has 2 aliphatic rings. The van der Waals surface area contributed by atoms with Crippen molar-refractivity contribution in [1.29, 1.82) is 0 Å². The zero-order chi connectivity index (χ0) is 18.3. The van der Waals surface area contributed by atoms with Crippen LogP contribution in [0.25, 0.3) is 0 Å². The lowest BCUT2D eigenvalue weighted by atomic mass is 9.78. The van der Waals surface area contributed by atoms with Crippen LogP contribution in [-0.4, -0.2) is 73.3 Å². The van der Waals surface area contributed by atoms with Crippen molar-refractivity contribution in [2.45, 2.75) is 72.2 Å². The van der Waals surface area contributed by atoms with E-state index in [0.717, 1.165) is 12.6 Å². The van der Waals surface area contributed by atoms with Crippen molar-refractivity contribution in [1.82, 2.24) is 14.7 Å². The third-order valence-electron chi connectivity index (χ3n) is 7.17. The van der Waals surface area contributed by atoms with E-state index in [1.165, 1.54) is 37.2 Å². The van der Waals surface area contributed by atoms with Crippen LogP contribution in [0.2, 0.25) is 0 Å². The molecule has 2 atom stereocenters. The van der Waals surface area contributed by atoms with Gasteiger partial charge in [0.05, 0.1) is 0 Å². The lowest BCUT2D eigenvalue weighted by molar-refractivity contribution is -0.151. The fourth-order valence-corrected chi connectivity index (χ4v) is 4.78. The summed E-state index contributed by atoms with van der Waals surface area (Å²) < 4.78 is 6.06. The summed E-state index contributed by atoms with van der Waals surface area (Å²) in [7, 11) is 6.27. The first kappa shape index (κ1) is 19.7. The number of piperidine rings is 1. The number of hydrogen-bond acceptors (Lipinski definition) is 4. The van der Waals surface area contributed by atoms with Crippen LogP contribution in [0.5, 0.6) is 0 Å². The minimum absolute atomic E-state index is 0.0172. The summed E-state index contributed by atoms with van der Waals surface area (Å²) in [5.41, 5.74) is 2.71. The first-order valence-electron chi connectivity index (χ1n) is 9.56. The predicted molar refractivity (Wildman–Crippen MR) is 102 cm³/mol. The van der Waals surface area contributed by atoms with Gasteiger partial charge in [0.2, 0.25) is 0 Å². The molecule has 0 saturated carbocycles. The molecular formula is C20H39N3O. The fraction of sp³-hybridized carbons (Fsp3) is 0.900. The van der Waals surface area contributed by atoms with Gasteiger partial charge in [0.1, 0.15) is 5.72 Å².